The third kappa shape index (κ3) is 3.45. The first-order valence-electron chi connectivity index (χ1n) is 5.89. The van der Waals surface area contributed by atoms with Gasteiger partial charge in [-0.3, -0.25) is 14.9 Å². The predicted molar refractivity (Wildman–Crippen MR) is 79.7 cm³/mol. The van der Waals surface area contributed by atoms with Gasteiger partial charge in [0.2, 0.25) is 0 Å². The van der Waals surface area contributed by atoms with Crippen molar-refractivity contribution in [1.29, 1.82) is 0 Å². The minimum absolute atomic E-state index is 0.0736. The fourth-order valence-corrected chi connectivity index (χ4v) is 3.70. The topological polar surface area (TPSA) is 78.0 Å². The smallest absolute Gasteiger partial charge is 0.285 e. The van der Waals surface area contributed by atoms with E-state index in [1.165, 1.54) is 27.8 Å². The molecule has 0 amide bonds. The van der Waals surface area contributed by atoms with Crippen LogP contribution in [0.2, 0.25) is 0 Å². The van der Waals surface area contributed by atoms with E-state index in [1.807, 2.05) is 13.8 Å². The summed E-state index contributed by atoms with van der Waals surface area (Å²) in [5.74, 6) is 0.646. The van der Waals surface area contributed by atoms with Gasteiger partial charge in [-0.05, 0) is 13.8 Å². The maximum atomic E-state index is 11.6. The van der Waals surface area contributed by atoms with Crippen molar-refractivity contribution < 1.29 is 4.92 Å². The molecule has 2 aromatic rings. The van der Waals surface area contributed by atoms with Crippen LogP contribution in [0.15, 0.2) is 27.5 Å². The van der Waals surface area contributed by atoms with E-state index in [4.69, 9.17) is 0 Å². The van der Waals surface area contributed by atoms with Crippen LogP contribution in [0, 0.1) is 24.0 Å². The van der Waals surface area contributed by atoms with Crippen LogP contribution in [-0.4, -0.2) is 20.2 Å². The van der Waals surface area contributed by atoms with Crippen molar-refractivity contribution in [1.82, 2.24) is 9.55 Å². The molecule has 0 aromatic carbocycles. The van der Waals surface area contributed by atoms with Gasteiger partial charge >= 0.3 is 0 Å². The van der Waals surface area contributed by atoms with Crippen LogP contribution >= 0.6 is 23.1 Å². The van der Waals surface area contributed by atoms with Crippen LogP contribution in [0.5, 0.6) is 0 Å². The Hall–Kier alpha value is -1.67. The van der Waals surface area contributed by atoms with E-state index in [2.05, 4.69) is 4.98 Å². The second kappa shape index (κ2) is 6.19. The van der Waals surface area contributed by atoms with Gasteiger partial charge in [-0.15, -0.1) is 11.3 Å². The molecule has 106 valence electrons. The molecule has 20 heavy (non-hydrogen) atoms. The molecule has 2 rings (SSSR count). The Kier molecular flexibility index (Phi) is 4.56. The monoisotopic (exact) mass is 311 g/mol. The van der Waals surface area contributed by atoms with Crippen molar-refractivity contribution in [3.63, 3.8) is 0 Å². The Bertz CT molecular complexity index is 674. The Morgan fingerprint density at radius 1 is 1.45 bits per heavy atom. The SMILES string of the molecule is Cc1nc(SCCn2cc([N+](=O)[O-])ccc2=O)sc1C. The third-order valence-electron chi connectivity index (χ3n) is 2.75. The number of rotatable bonds is 5. The van der Waals surface area contributed by atoms with Gasteiger partial charge in [-0.25, -0.2) is 4.98 Å². The average molecular weight is 311 g/mol. The second-order valence-corrected chi connectivity index (χ2v) is 6.69. The standard InChI is InChI=1S/C12H13N3O3S2/c1-8-9(2)20-12(13-8)19-6-5-14-7-10(15(17)18)3-4-11(14)16/h3-4,7H,5-6H2,1-2H3. The molecule has 0 bridgehead atoms. The molecule has 8 heteroatoms. The van der Waals surface area contributed by atoms with Crippen molar-refractivity contribution >= 4 is 28.8 Å². The quantitative estimate of drug-likeness (QED) is 0.482. The van der Waals surface area contributed by atoms with Crippen LogP contribution in [-0.2, 0) is 6.54 Å². The summed E-state index contributed by atoms with van der Waals surface area (Å²) < 4.78 is 2.32. The van der Waals surface area contributed by atoms with Crippen molar-refractivity contribution in [3.8, 4) is 0 Å². The van der Waals surface area contributed by atoms with Gasteiger partial charge < -0.3 is 4.57 Å². The Labute approximate surface area is 123 Å². The molecule has 2 aromatic heterocycles. The Balaban J connectivity index is 2.02. The number of pyridine rings is 1. The molecule has 0 saturated carbocycles. The molecule has 0 aliphatic rings. The zero-order valence-corrected chi connectivity index (χ0v) is 12.7. The molecule has 0 unspecified atom stereocenters. The lowest BCUT2D eigenvalue weighted by molar-refractivity contribution is -0.385. The summed E-state index contributed by atoms with van der Waals surface area (Å²) in [4.78, 5) is 27.4. The summed E-state index contributed by atoms with van der Waals surface area (Å²) in [6.07, 6.45) is 1.28. The average Bonchev–Trinajstić information content (AvgIpc) is 2.70. The maximum Gasteiger partial charge on any atom is 0.285 e. The minimum Gasteiger partial charge on any atom is -0.308 e. The lowest BCUT2D eigenvalue weighted by Gasteiger charge is -2.03. The fourth-order valence-electron chi connectivity index (χ4n) is 1.54. The van der Waals surface area contributed by atoms with Gasteiger partial charge in [0.25, 0.3) is 11.2 Å². The van der Waals surface area contributed by atoms with E-state index in [-0.39, 0.29) is 11.2 Å². The van der Waals surface area contributed by atoms with Crippen molar-refractivity contribution in [2.75, 3.05) is 5.75 Å². The maximum absolute atomic E-state index is 11.6. The fraction of sp³-hybridized carbons (Fsp3) is 0.333. The van der Waals surface area contributed by atoms with Crippen molar-refractivity contribution in [2.45, 2.75) is 24.7 Å². The second-order valence-electron chi connectivity index (χ2n) is 4.15. The summed E-state index contributed by atoms with van der Waals surface area (Å²) in [6, 6.07) is 2.44. The van der Waals surface area contributed by atoms with E-state index < -0.39 is 4.92 Å². The first-order valence-corrected chi connectivity index (χ1v) is 7.69. The highest BCUT2D eigenvalue weighted by molar-refractivity contribution is 8.01. The molecule has 0 spiro atoms. The number of nitro groups is 1. The largest absolute Gasteiger partial charge is 0.308 e. The number of thioether (sulfide) groups is 1. The van der Waals surface area contributed by atoms with Crippen LogP contribution in [0.3, 0.4) is 0 Å². The first kappa shape index (κ1) is 14.7. The van der Waals surface area contributed by atoms with Crippen LogP contribution in [0.4, 0.5) is 5.69 Å². The highest BCUT2D eigenvalue weighted by Gasteiger charge is 2.08. The molecule has 0 aliphatic heterocycles. The number of nitrogens with zero attached hydrogens (tertiary/aromatic N) is 3. The third-order valence-corrected chi connectivity index (χ3v) is 4.94. The van der Waals surface area contributed by atoms with Gasteiger partial charge in [0.05, 0.1) is 16.8 Å². The summed E-state index contributed by atoms with van der Waals surface area (Å²) in [6.45, 7) is 4.39. The van der Waals surface area contributed by atoms with E-state index in [9.17, 15) is 14.9 Å². The number of thiazole rings is 1. The van der Waals surface area contributed by atoms with Crippen LogP contribution in [0.25, 0.3) is 0 Å². The summed E-state index contributed by atoms with van der Waals surface area (Å²) >= 11 is 3.17. The first-order chi connectivity index (χ1) is 9.47. The van der Waals surface area contributed by atoms with E-state index in [0.717, 1.165) is 10.0 Å². The van der Waals surface area contributed by atoms with E-state index in [1.54, 1.807) is 23.1 Å². The van der Waals surface area contributed by atoms with Crippen molar-refractivity contribution in [3.05, 3.63) is 49.4 Å². The zero-order chi connectivity index (χ0) is 14.7. The number of aromatic nitrogens is 2. The highest BCUT2D eigenvalue weighted by atomic mass is 32.2. The lowest BCUT2D eigenvalue weighted by Crippen LogP contribution is -2.19. The minimum atomic E-state index is -0.503. The molecule has 6 nitrogen and oxygen atoms in total. The van der Waals surface area contributed by atoms with E-state index in [0.29, 0.717) is 12.3 Å². The zero-order valence-electron chi connectivity index (χ0n) is 11.0. The highest BCUT2D eigenvalue weighted by Crippen LogP contribution is 2.26. The summed E-state index contributed by atoms with van der Waals surface area (Å²) in [7, 11) is 0. The van der Waals surface area contributed by atoms with Gasteiger partial charge in [0.1, 0.15) is 4.34 Å². The summed E-state index contributed by atoms with van der Waals surface area (Å²) in [5, 5.41) is 10.7. The molecular weight excluding hydrogens is 298 g/mol. The normalized spacial score (nSPS) is 10.7. The van der Waals surface area contributed by atoms with Crippen LogP contribution < -0.4 is 5.56 Å². The molecule has 0 radical (unpaired) electrons. The molecule has 0 fully saturated rings. The molecule has 0 aliphatic carbocycles. The van der Waals surface area contributed by atoms with Gasteiger partial charge in [-0.2, -0.15) is 0 Å². The lowest BCUT2D eigenvalue weighted by atomic mass is 10.4. The van der Waals surface area contributed by atoms with Crippen LogP contribution in [0.1, 0.15) is 10.6 Å². The predicted octanol–water partition coefficient (Wildman–Crippen LogP) is 2.62. The summed E-state index contributed by atoms with van der Waals surface area (Å²) in [5.41, 5.74) is 0.711. The molecular formula is C12H13N3O3S2. The van der Waals surface area contributed by atoms with Gasteiger partial charge in [0.15, 0.2) is 0 Å². The van der Waals surface area contributed by atoms with Crippen molar-refractivity contribution in [2.24, 2.45) is 0 Å². The number of hydrogen-bond acceptors (Lipinski definition) is 6. The number of hydrogen-bond donors (Lipinski definition) is 0. The molecule has 0 N–H and O–H groups in total. The Morgan fingerprint density at radius 2 is 2.20 bits per heavy atom. The van der Waals surface area contributed by atoms with Gasteiger partial charge in [-0.1, -0.05) is 11.8 Å². The van der Waals surface area contributed by atoms with Gasteiger partial charge in [0, 0.05) is 29.3 Å². The number of aryl methyl sites for hydroxylation is 3. The molecule has 0 atom stereocenters. The Morgan fingerprint density at radius 3 is 2.80 bits per heavy atom. The molecule has 0 saturated heterocycles. The van der Waals surface area contributed by atoms with E-state index >= 15 is 0 Å². The molecule has 2 heterocycles.